The Balaban J connectivity index is 2.24. The molecule has 1 saturated heterocycles. The van der Waals surface area contributed by atoms with Gasteiger partial charge in [0.1, 0.15) is 6.04 Å². The molecule has 1 atom stereocenters. The average Bonchev–Trinajstić information content (AvgIpc) is 2.67. The molecule has 1 aliphatic rings. The van der Waals surface area contributed by atoms with Gasteiger partial charge in [0, 0.05) is 33.1 Å². The Morgan fingerprint density at radius 1 is 1.14 bits per heavy atom. The van der Waals surface area contributed by atoms with Crippen LogP contribution in [0.3, 0.4) is 0 Å². The molecule has 1 fully saturated rings. The van der Waals surface area contributed by atoms with Crippen molar-refractivity contribution in [2.24, 2.45) is 0 Å². The van der Waals surface area contributed by atoms with Crippen molar-refractivity contribution in [1.82, 2.24) is 9.80 Å². The number of carbonyl (C=O) groups excluding carboxylic acids is 1. The fourth-order valence-corrected chi connectivity index (χ4v) is 3.13. The molecule has 0 unspecified atom stereocenters. The van der Waals surface area contributed by atoms with Crippen molar-refractivity contribution < 1.29 is 14.7 Å². The second-order valence-corrected chi connectivity index (χ2v) is 6.00. The Morgan fingerprint density at radius 3 is 2.45 bits per heavy atom. The molecule has 0 aromatic heterocycles. The largest absolute Gasteiger partial charge is 0.480 e. The molecule has 1 N–H and O–H groups in total. The summed E-state index contributed by atoms with van der Waals surface area (Å²) in [7, 11) is 0. The monoisotopic (exact) mass is 304 g/mol. The summed E-state index contributed by atoms with van der Waals surface area (Å²) in [5, 5.41) is 9.72. The van der Waals surface area contributed by atoms with Crippen LogP contribution in [0.2, 0.25) is 0 Å². The molecular formula is C17H24N2O3. The number of carbonyl (C=O) groups is 2. The smallest absolute Gasteiger partial charge is 0.325 e. The molecule has 0 saturated carbocycles. The number of hydrogen-bond acceptors (Lipinski definition) is 3. The van der Waals surface area contributed by atoms with Gasteiger partial charge in [-0.1, -0.05) is 23.8 Å². The lowest BCUT2D eigenvalue weighted by Gasteiger charge is -2.29. The molecular weight excluding hydrogens is 280 g/mol. The van der Waals surface area contributed by atoms with Crippen LogP contribution >= 0.6 is 0 Å². The summed E-state index contributed by atoms with van der Waals surface area (Å²) in [4.78, 5) is 27.1. The molecule has 2 rings (SSSR count). The number of benzene rings is 1. The average molecular weight is 304 g/mol. The summed E-state index contributed by atoms with van der Waals surface area (Å²) in [6.45, 7) is 8.09. The number of carboxylic acids is 1. The van der Waals surface area contributed by atoms with Gasteiger partial charge in [-0.2, -0.15) is 0 Å². The van der Waals surface area contributed by atoms with E-state index in [1.165, 1.54) is 0 Å². The van der Waals surface area contributed by atoms with Crippen LogP contribution in [0.1, 0.15) is 36.1 Å². The first-order valence-electron chi connectivity index (χ1n) is 7.69. The number of aryl methyl sites for hydroxylation is 2. The Hall–Kier alpha value is -1.88. The minimum atomic E-state index is -0.830. The third-order valence-corrected chi connectivity index (χ3v) is 4.29. The van der Waals surface area contributed by atoms with Gasteiger partial charge in [0.2, 0.25) is 5.91 Å². The number of rotatable bonds is 3. The minimum Gasteiger partial charge on any atom is -0.480 e. The van der Waals surface area contributed by atoms with Crippen molar-refractivity contribution in [3.05, 3.63) is 34.9 Å². The molecule has 0 spiro atoms. The summed E-state index contributed by atoms with van der Waals surface area (Å²) < 4.78 is 0. The van der Waals surface area contributed by atoms with Crippen LogP contribution in [-0.4, -0.2) is 53.0 Å². The maximum Gasteiger partial charge on any atom is 0.325 e. The van der Waals surface area contributed by atoms with Gasteiger partial charge in [-0.05, 0) is 31.4 Å². The van der Waals surface area contributed by atoms with Crippen LogP contribution in [0, 0.1) is 13.8 Å². The van der Waals surface area contributed by atoms with E-state index < -0.39 is 12.0 Å². The van der Waals surface area contributed by atoms with E-state index in [4.69, 9.17) is 0 Å². The first-order chi connectivity index (χ1) is 10.4. The fourth-order valence-electron chi connectivity index (χ4n) is 3.13. The molecule has 1 amide bonds. The van der Waals surface area contributed by atoms with Gasteiger partial charge >= 0.3 is 5.97 Å². The van der Waals surface area contributed by atoms with Crippen LogP contribution in [-0.2, 0) is 9.59 Å². The van der Waals surface area contributed by atoms with Crippen LogP contribution in [0.5, 0.6) is 0 Å². The molecule has 0 aliphatic carbocycles. The van der Waals surface area contributed by atoms with Crippen molar-refractivity contribution >= 4 is 11.9 Å². The highest BCUT2D eigenvalue weighted by molar-refractivity contribution is 5.76. The van der Waals surface area contributed by atoms with Gasteiger partial charge in [-0.25, -0.2) is 0 Å². The highest BCUT2D eigenvalue weighted by Crippen LogP contribution is 2.26. The van der Waals surface area contributed by atoms with Crippen LogP contribution in [0.25, 0.3) is 0 Å². The van der Waals surface area contributed by atoms with Crippen molar-refractivity contribution in [2.75, 3.05) is 26.2 Å². The summed E-state index contributed by atoms with van der Waals surface area (Å²) in [6, 6.07) is 5.24. The maximum absolute atomic E-state index is 11.8. The normalized spacial score (nSPS) is 17.9. The number of hydrogen-bond donors (Lipinski definition) is 1. The summed E-state index contributed by atoms with van der Waals surface area (Å²) in [5.41, 5.74) is 2.97. The van der Waals surface area contributed by atoms with Crippen LogP contribution in [0.15, 0.2) is 18.2 Å². The molecule has 1 aromatic carbocycles. The van der Waals surface area contributed by atoms with E-state index in [9.17, 15) is 14.7 Å². The van der Waals surface area contributed by atoms with E-state index in [1.54, 1.807) is 11.8 Å². The van der Waals surface area contributed by atoms with Crippen LogP contribution in [0.4, 0.5) is 0 Å². The zero-order valence-corrected chi connectivity index (χ0v) is 13.5. The van der Waals surface area contributed by atoms with Crippen molar-refractivity contribution in [1.29, 1.82) is 0 Å². The number of nitrogens with zero attached hydrogens (tertiary/aromatic N) is 2. The fraction of sp³-hybridized carbons (Fsp3) is 0.529. The minimum absolute atomic E-state index is 0.0558. The topological polar surface area (TPSA) is 60.9 Å². The molecule has 120 valence electrons. The molecule has 1 aromatic rings. The van der Waals surface area contributed by atoms with E-state index in [-0.39, 0.29) is 5.91 Å². The summed E-state index contributed by atoms with van der Waals surface area (Å²) >= 11 is 0. The SMILES string of the molecule is CC(=O)N1CCCN([C@@H](C(=O)O)c2ccc(C)cc2C)CC1. The zero-order chi connectivity index (χ0) is 16.3. The van der Waals surface area contributed by atoms with E-state index >= 15 is 0 Å². The van der Waals surface area contributed by atoms with Gasteiger partial charge in [0.15, 0.2) is 0 Å². The van der Waals surface area contributed by atoms with E-state index in [0.29, 0.717) is 26.2 Å². The molecule has 1 heterocycles. The summed E-state index contributed by atoms with van der Waals surface area (Å²) in [5.74, 6) is -0.775. The lowest BCUT2D eigenvalue weighted by Crippen LogP contribution is -2.38. The van der Waals surface area contributed by atoms with Crippen molar-refractivity contribution in [3.63, 3.8) is 0 Å². The predicted octanol–water partition coefficient (Wildman–Crippen LogP) is 1.98. The van der Waals surface area contributed by atoms with E-state index in [1.807, 2.05) is 36.9 Å². The lowest BCUT2D eigenvalue weighted by molar-refractivity contribution is -0.143. The first kappa shape index (κ1) is 16.5. The highest BCUT2D eigenvalue weighted by Gasteiger charge is 2.30. The highest BCUT2D eigenvalue weighted by atomic mass is 16.4. The van der Waals surface area contributed by atoms with Crippen molar-refractivity contribution in [3.8, 4) is 0 Å². The van der Waals surface area contributed by atoms with E-state index in [2.05, 4.69) is 0 Å². The second kappa shape index (κ2) is 6.92. The molecule has 22 heavy (non-hydrogen) atoms. The molecule has 0 radical (unpaired) electrons. The number of carboxylic acid groups (broad SMARTS) is 1. The summed E-state index contributed by atoms with van der Waals surface area (Å²) in [6.07, 6.45) is 0.800. The van der Waals surface area contributed by atoms with Gasteiger partial charge in [-0.15, -0.1) is 0 Å². The number of amides is 1. The van der Waals surface area contributed by atoms with Gasteiger partial charge in [-0.3, -0.25) is 14.5 Å². The quantitative estimate of drug-likeness (QED) is 0.927. The Morgan fingerprint density at radius 2 is 1.86 bits per heavy atom. The molecule has 1 aliphatic heterocycles. The second-order valence-electron chi connectivity index (χ2n) is 6.00. The number of aliphatic carboxylic acids is 1. The van der Waals surface area contributed by atoms with Gasteiger partial charge in [0.25, 0.3) is 0 Å². The Bertz CT molecular complexity index is 571. The van der Waals surface area contributed by atoms with Gasteiger partial charge < -0.3 is 10.0 Å². The van der Waals surface area contributed by atoms with Gasteiger partial charge in [0.05, 0.1) is 0 Å². The van der Waals surface area contributed by atoms with Crippen LogP contribution < -0.4 is 0 Å². The first-order valence-corrected chi connectivity index (χ1v) is 7.69. The predicted molar refractivity (Wildman–Crippen MR) is 84.7 cm³/mol. The maximum atomic E-state index is 11.8. The Kier molecular flexibility index (Phi) is 5.19. The Labute approximate surface area is 131 Å². The van der Waals surface area contributed by atoms with Crippen molar-refractivity contribution in [2.45, 2.75) is 33.2 Å². The lowest BCUT2D eigenvalue weighted by atomic mass is 9.98. The van der Waals surface area contributed by atoms with E-state index in [0.717, 1.165) is 23.1 Å². The molecule has 5 nitrogen and oxygen atoms in total. The third kappa shape index (κ3) is 3.65. The molecule has 5 heteroatoms. The zero-order valence-electron chi connectivity index (χ0n) is 13.5. The standard InChI is InChI=1S/C17H24N2O3/c1-12-5-6-15(13(2)11-12)16(17(21)22)19-8-4-7-18(9-10-19)14(3)20/h5-6,11,16H,4,7-10H2,1-3H3,(H,21,22)/t16-/m1/s1. The third-order valence-electron chi connectivity index (χ3n) is 4.29. The molecule has 0 bridgehead atoms.